The molecule has 34 heavy (non-hydrogen) atoms. The molecule has 1 heterocycles. The van der Waals surface area contributed by atoms with Crippen molar-refractivity contribution in [2.24, 2.45) is 7.05 Å². The first-order valence-electron chi connectivity index (χ1n) is 10.6. The maximum absolute atomic E-state index is 12.1. The molecule has 1 aliphatic carbocycles. The van der Waals surface area contributed by atoms with E-state index in [2.05, 4.69) is 39.7 Å². The lowest BCUT2D eigenvalue weighted by atomic mass is 9.98. The van der Waals surface area contributed by atoms with Gasteiger partial charge in [-0.3, -0.25) is 9.48 Å². The predicted molar refractivity (Wildman–Crippen MR) is 123 cm³/mol. The Morgan fingerprint density at radius 3 is 2.35 bits per heavy atom. The monoisotopic (exact) mass is 458 g/mol. The van der Waals surface area contributed by atoms with Crippen LogP contribution in [0, 0.1) is 11.8 Å². The quantitative estimate of drug-likeness (QED) is 0.487. The summed E-state index contributed by atoms with van der Waals surface area (Å²) in [7, 11) is 1.58. The van der Waals surface area contributed by atoms with E-state index in [0.717, 1.165) is 22.3 Å². The fourth-order valence-electron chi connectivity index (χ4n) is 3.95. The first kappa shape index (κ1) is 22.6. The molecule has 9 nitrogen and oxygen atoms in total. The molecule has 1 aromatic heterocycles. The van der Waals surface area contributed by atoms with Crippen LogP contribution >= 0.6 is 0 Å². The van der Waals surface area contributed by atoms with E-state index in [1.54, 1.807) is 7.05 Å². The number of ether oxygens (including phenoxy) is 1. The van der Waals surface area contributed by atoms with Gasteiger partial charge in [-0.25, -0.2) is 9.59 Å². The summed E-state index contributed by atoms with van der Waals surface area (Å²) in [5.74, 6) is 3.11. The van der Waals surface area contributed by atoms with E-state index in [1.165, 1.54) is 10.9 Å². The first-order chi connectivity index (χ1) is 16.5. The Morgan fingerprint density at radius 2 is 1.71 bits per heavy atom. The van der Waals surface area contributed by atoms with Crippen molar-refractivity contribution in [1.29, 1.82) is 0 Å². The summed E-state index contributed by atoms with van der Waals surface area (Å²) in [5.41, 5.74) is 4.88. The van der Waals surface area contributed by atoms with E-state index in [0.29, 0.717) is 5.69 Å². The number of aromatic carboxylic acids is 1. The van der Waals surface area contributed by atoms with Crippen LogP contribution in [0.3, 0.4) is 0 Å². The van der Waals surface area contributed by atoms with E-state index < -0.39 is 18.0 Å². The number of carboxylic acid groups (broad SMARTS) is 1. The highest BCUT2D eigenvalue weighted by Crippen LogP contribution is 2.44. The van der Waals surface area contributed by atoms with Gasteiger partial charge >= 0.3 is 12.1 Å². The third-order valence-electron chi connectivity index (χ3n) is 5.58. The Bertz CT molecular complexity index is 1270. The lowest BCUT2D eigenvalue weighted by Gasteiger charge is -2.14. The minimum atomic E-state index is -1.13. The Labute approximate surface area is 195 Å². The smallest absolute Gasteiger partial charge is 0.407 e. The molecule has 3 aromatic rings. The predicted octanol–water partition coefficient (Wildman–Crippen LogP) is 2.28. The summed E-state index contributed by atoms with van der Waals surface area (Å²) in [5, 5.41) is 18.0. The first-order valence-corrected chi connectivity index (χ1v) is 10.6. The standard InChI is InChI=1S/C25H22N4O5/c1-29-22(20(13-28-29)24(31)32)14-27-23(30)11-6-12-26-25(33)34-15-21-18-9-4-2-7-16(18)17-8-3-5-10-19(17)21/h2-5,7-10,13,21H,12,14-15H2,1H3,(H,26,33)(H,27,30)(H,31,32). The summed E-state index contributed by atoms with van der Waals surface area (Å²) >= 11 is 0. The van der Waals surface area contributed by atoms with E-state index in [9.17, 15) is 14.4 Å². The number of carbonyl (C=O) groups is 3. The maximum atomic E-state index is 12.1. The number of nitrogens with one attached hydrogen (secondary N) is 2. The third-order valence-corrected chi connectivity index (χ3v) is 5.58. The van der Waals surface area contributed by atoms with Crippen LogP contribution in [0.4, 0.5) is 4.79 Å². The molecule has 0 atom stereocenters. The highest BCUT2D eigenvalue weighted by molar-refractivity contribution is 5.94. The molecule has 9 heteroatoms. The molecule has 0 fully saturated rings. The number of nitrogens with zero attached hydrogens (tertiary/aromatic N) is 2. The largest absolute Gasteiger partial charge is 0.478 e. The van der Waals surface area contributed by atoms with E-state index >= 15 is 0 Å². The van der Waals surface area contributed by atoms with Gasteiger partial charge in [-0.2, -0.15) is 5.10 Å². The molecule has 2 amide bonds. The molecule has 0 unspecified atom stereocenters. The lowest BCUT2D eigenvalue weighted by Crippen LogP contribution is -2.27. The Kier molecular flexibility index (Phi) is 6.59. The fourth-order valence-corrected chi connectivity index (χ4v) is 3.95. The van der Waals surface area contributed by atoms with Crippen LogP contribution in [-0.4, -0.2) is 46.0 Å². The molecule has 0 aliphatic heterocycles. The number of fused-ring (bicyclic) bond motifs is 3. The molecule has 0 bridgehead atoms. The van der Waals surface area contributed by atoms with Crippen molar-refractivity contribution < 1.29 is 24.2 Å². The summed E-state index contributed by atoms with van der Waals surface area (Å²) in [4.78, 5) is 35.2. The molecule has 172 valence electrons. The van der Waals surface area contributed by atoms with Crippen LogP contribution < -0.4 is 10.6 Å². The second-order valence-electron chi connectivity index (χ2n) is 7.60. The van der Waals surface area contributed by atoms with Gasteiger partial charge in [0.1, 0.15) is 12.2 Å². The molecule has 0 radical (unpaired) electrons. The molecule has 0 saturated carbocycles. The van der Waals surface area contributed by atoms with E-state index in [4.69, 9.17) is 9.84 Å². The van der Waals surface area contributed by atoms with E-state index in [1.807, 2.05) is 36.4 Å². The molecular formula is C25H22N4O5. The number of benzene rings is 2. The molecule has 2 aromatic carbocycles. The van der Waals surface area contributed by atoms with Crippen molar-refractivity contribution in [3.63, 3.8) is 0 Å². The number of aromatic nitrogens is 2. The van der Waals surface area contributed by atoms with Crippen molar-refractivity contribution in [1.82, 2.24) is 20.4 Å². The Hall–Kier alpha value is -4.58. The minimum Gasteiger partial charge on any atom is -0.478 e. The zero-order valence-corrected chi connectivity index (χ0v) is 18.4. The van der Waals surface area contributed by atoms with Gasteiger partial charge in [0.15, 0.2) is 0 Å². The van der Waals surface area contributed by atoms with Crippen molar-refractivity contribution in [2.75, 3.05) is 13.2 Å². The zero-order valence-electron chi connectivity index (χ0n) is 18.4. The molecular weight excluding hydrogens is 436 g/mol. The molecule has 1 aliphatic rings. The summed E-state index contributed by atoms with van der Waals surface area (Å²) < 4.78 is 6.78. The highest BCUT2D eigenvalue weighted by Gasteiger charge is 2.28. The average Bonchev–Trinajstić information content (AvgIpc) is 3.37. The number of alkyl carbamates (subject to hydrolysis) is 1. The maximum Gasteiger partial charge on any atom is 0.407 e. The van der Waals surface area contributed by atoms with Crippen LogP contribution in [-0.2, 0) is 23.1 Å². The number of aryl methyl sites for hydroxylation is 1. The molecule has 0 spiro atoms. The van der Waals surface area contributed by atoms with Gasteiger partial charge in [0.2, 0.25) is 0 Å². The molecule has 0 saturated heterocycles. The van der Waals surface area contributed by atoms with Crippen LogP contribution in [0.15, 0.2) is 54.7 Å². The van der Waals surface area contributed by atoms with Gasteiger partial charge in [0.25, 0.3) is 5.91 Å². The second kappa shape index (κ2) is 9.92. The fraction of sp³-hybridized carbons (Fsp3) is 0.200. The van der Waals surface area contributed by atoms with Crippen molar-refractivity contribution >= 4 is 18.0 Å². The number of carbonyl (C=O) groups excluding carboxylic acids is 2. The van der Waals surface area contributed by atoms with Gasteiger partial charge in [-0.1, -0.05) is 54.5 Å². The van der Waals surface area contributed by atoms with Crippen molar-refractivity contribution in [3.8, 4) is 23.0 Å². The Morgan fingerprint density at radius 1 is 1.06 bits per heavy atom. The van der Waals surface area contributed by atoms with E-state index in [-0.39, 0.29) is 31.2 Å². The van der Waals surface area contributed by atoms with Gasteiger partial charge in [-0.15, -0.1) is 0 Å². The van der Waals surface area contributed by atoms with Crippen LogP contribution in [0.5, 0.6) is 0 Å². The minimum absolute atomic E-state index is 0.00711. The van der Waals surface area contributed by atoms with Crippen LogP contribution in [0.2, 0.25) is 0 Å². The van der Waals surface area contributed by atoms with Crippen molar-refractivity contribution in [3.05, 3.63) is 77.1 Å². The number of rotatable bonds is 6. The number of hydrogen-bond acceptors (Lipinski definition) is 5. The summed E-state index contributed by atoms with van der Waals surface area (Å²) in [6, 6.07) is 16.1. The topological polar surface area (TPSA) is 123 Å². The third kappa shape index (κ3) is 4.76. The molecule has 3 N–H and O–H groups in total. The normalized spacial score (nSPS) is 11.6. The number of carboxylic acids is 1. The van der Waals surface area contributed by atoms with Gasteiger partial charge in [0.05, 0.1) is 25.0 Å². The highest BCUT2D eigenvalue weighted by atomic mass is 16.5. The average molecular weight is 458 g/mol. The second-order valence-corrected chi connectivity index (χ2v) is 7.60. The Balaban J connectivity index is 1.25. The van der Waals surface area contributed by atoms with Crippen molar-refractivity contribution in [2.45, 2.75) is 12.5 Å². The SMILES string of the molecule is Cn1ncc(C(=O)O)c1CNC(=O)C#CCNC(=O)OCC1c2ccccc2-c2ccccc21. The lowest BCUT2D eigenvalue weighted by molar-refractivity contribution is -0.115. The summed E-state index contributed by atoms with van der Waals surface area (Å²) in [6.45, 7) is 0.0754. The van der Waals surface area contributed by atoms with Gasteiger partial charge in [-0.05, 0) is 28.2 Å². The number of amides is 2. The van der Waals surface area contributed by atoms with Crippen LogP contribution in [0.1, 0.15) is 33.1 Å². The summed E-state index contributed by atoms with van der Waals surface area (Å²) in [6.07, 6.45) is 0.589. The van der Waals surface area contributed by atoms with Crippen LogP contribution in [0.25, 0.3) is 11.1 Å². The zero-order chi connectivity index (χ0) is 24.1. The number of hydrogen-bond donors (Lipinski definition) is 3. The van der Waals surface area contributed by atoms with Gasteiger partial charge in [0, 0.05) is 13.0 Å². The molecule has 4 rings (SSSR count). The van der Waals surface area contributed by atoms with Gasteiger partial charge < -0.3 is 20.5 Å².